The van der Waals surface area contributed by atoms with Crippen molar-refractivity contribution in [3.8, 4) is 0 Å². The highest BCUT2D eigenvalue weighted by atomic mass is 35.5. The number of nitrogens with one attached hydrogen (secondary N) is 1. The van der Waals surface area contributed by atoms with E-state index in [9.17, 15) is 4.79 Å². The highest BCUT2D eigenvalue weighted by Crippen LogP contribution is 2.30. The maximum atomic E-state index is 11.5. The lowest BCUT2D eigenvalue weighted by molar-refractivity contribution is 0.651. The van der Waals surface area contributed by atoms with Gasteiger partial charge in [0.1, 0.15) is 5.02 Å². The Hall–Kier alpha value is -1.43. The average molecular weight is 360 g/mol. The zero-order valence-electron chi connectivity index (χ0n) is 11.5. The number of piperazine rings is 1. The number of H-pyrrole nitrogens is 1. The van der Waals surface area contributed by atoms with E-state index in [1.807, 2.05) is 11.0 Å². The van der Waals surface area contributed by atoms with Crippen LogP contribution in [0.5, 0.6) is 0 Å². The van der Waals surface area contributed by atoms with Gasteiger partial charge in [0.2, 0.25) is 0 Å². The summed E-state index contributed by atoms with van der Waals surface area (Å²) in [5.41, 5.74) is 1.20. The molecule has 0 aliphatic carbocycles. The van der Waals surface area contributed by atoms with Crippen LogP contribution in [-0.2, 0) is 0 Å². The van der Waals surface area contributed by atoms with Gasteiger partial charge in [0.15, 0.2) is 0 Å². The Morgan fingerprint density at radius 2 is 1.64 bits per heavy atom. The van der Waals surface area contributed by atoms with Crippen molar-refractivity contribution in [2.24, 2.45) is 0 Å². The Morgan fingerprint density at radius 3 is 2.32 bits per heavy atom. The summed E-state index contributed by atoms with van der Waals surface area (Å²) in [5, 5.41) is 7.63. The third-order valence-electron chi connectivity index (χ3n) is 3.65. The molecule has 1 aromatic heterocycles. The lowest BCUT2D eigenvalue weighted by Crippen LogP contribution is -2.47. The first kappa shape index (κ1) is 15.5. The number of benzene rings is 1. The van der Waals surface area contributed by atoms with Gasteiger partial charge in [-0.3, -0.25) is 4.79 Å². The van der Waals surface area contributed by atoms with Crippen molar-refractivity contribution < 1.29 is 0 Å². The number of aromatic nitrogens is 2. The molecule has 2 heterocycles. The molecule has 1 aliphatic heterocycles. The van der Waals surface area contributed by atoms with Crippen molar-refractivity contribution >= 4 is 46.2 Å². The average Bonchev–Trinajstić information content (AvgIpc) is 2.53. The lowest BCUT2D eigenvalue weighted by atomic mass is 10.2. The smallest absolute Gasteiger partial charge is 0.285 e. The van der Waals surface area contributed by atoms with E-state index >= 15 is 0 Å². The van der Waals surface area contributed by atoms with Gasteiger partial charge < -0.3 is 9.80 Å². The molecule has 0 atom stereocenters. The summed E-state index contributed by atoms with van der Waals surface area (Å²) in [4.78, 5) is 15.7. The SMILES string of the molecule is O=c1[nH]ncc(N2CCN(c3cc(Cl)ccc3Cl)CC2)c1Cl. The molecule has 1 aliphatic rings. The summed E-state index contributed by atoms with van der Waals surface area (Å²) >= 11 is 18.3. The molecule has 5 nitrogen and oxygen atoms in total. The molecule has 0 bridgehead atoms. The van der Waals surface area contributed by atoms with Gasteiger partial charge >= 0.3 is 0 Å². The molecule has 2 aromatic rings. The van der Waals surface area contributed by atoms with Gasteiger partial charge in [0, 0.05) is 31.2 Å². The van der Waals surface area contributed by atoms with Crippen molar-refractivity contribution in [3.05, 3.63) is 49.8 Å². The number of hydrogen-bond acceptors (Lipinski definition) is 4. The molecule has 0 radical (unpaired) electrons. The number of anilines is 2. The van der Waals surface area contributed by atoms with Crippen LogP contribution in [0.1, 0.15) is 0 Å². The topological polar surface area (TPSA) is 52.2 Å². The molecule has 1 fully saturated rings. The molecule has 0 amide bonds. The van der Waals surface area contributed by atoms with Crippen molar-refractivity contribution in [3.63, 3.8) is 0 Å². The van der Waals surface area contributed by atoms with Crippen molar-refractivity contribution in [2.45, 2.75) is 0 Å². The fourth-order valence-electron chi connectivity index (χ4n) is 2.51. The molecule has 0 saturated carbocycles. The number of nitrogens with zero attached hydrogens (tertiary/aromatic N) is 3. The highest BCUT2D eigenvalue weighted by Gasteiger charge is 2.21. The second-order valence-electron chi connectivity index (χ2n) is 4.97. The summed E-state index contributed by atoms with van der Waals surface area (Å²) in [5.74, 6) is 0. The molecule has 1 saturated heterocycles. The Bertz CT molecular complexity index is 741. The lowest BCUT2D eigenvalue weighted by Gasteiger charge is -2.37. The number of halogens is 3. The van der Waals surface area contributed by atoms with Crippen molar-refractivity contribution in [1.82, 2.24) is 10.2 Å². The van der Waals surface area contributed by atoms with E-state index in [0.717, 1.165) is 18.8 Å². The molecular formula is C14H13Cl3N4O. The quantitative estimate of drug-likeness (QED) is 0.895. The van der Waals surface area contributed by atoms with Crippen molar-refractivity contribution in [2.75, 3.05) is 36.0 Å². The number of hydrogen-bond donors (Lipinski definition) is 1. The van der Waals surface area contributed by atoms with Gasteiger partial charge in [-0.1, -0.05) is 34.8 Å². The molecule has 116 valence electrons. The van der Waals surface area contributed by atoms with E-state index in [4.69, 9.17) is 34.8 Å². The monoisotopic (exact) mass is 358 g/mol. The summed E-state index contributed by atoms with van der Waals surface area (Å²) in [6, 6.07) is 5.43. The van der Waals surface area contributed by atoms with Crippen LogP contribution in [0.4, 0.5) is 11.4 Å². The zero-order valence-corrected chi connectivity index (χ0v) is 13.8. The van der Waals surface area contributed by atoms with E-state index in [1.165, 1.54) is 0 Å². The van der Waals surface area contributed by atoms with Gasteiger partial charge in [-0.2, -0.15) is 5.10 Å². The van der Waals surface area contributed by atoms with E-state index < -0.39 is 0 Å². The number of aromatic amines is 1. The van der Waals surface area contributed by atoms with Crippen LogP contribution < -0.4 is 15.4 Å². The van der Waals surface area contributed by atoms with Crippen LogP contribution in [0.25, 0.3) is 0 Å². The summed E-state index contributed by atoms with van der Waals surface area (Å²) in [7, 11) is 0. The Morgan fingerprint density at radius 1 is 1.00 bits per heavy atom. The van der Waals surface area contributed by atoms with E-state index in [0.29, 0.717) is 28.8 Å². The maximum Gasteiger partial charge on any atom is 0.285 e. The predicted molar refractivity (Wildman–Crippen MR) is 90.8 cm³/mol. The molecule has 3 rings (SSSR count). The van der Waals surface area contributed by atoms with Gasteiger partial charge in [0.25, 0.3) is 5.56 Å². The first-order valence-electron chi connectivity index (χ1n) is 6.74. The second kappa shape index (κ2) is 6.36. The van der Waals surface area contributed by atoms with Gasteiger partial charge in [0.05, 0.1) is 22.6 Å². The first-order valence-corrected chi connectivity index (χ1v) is 7.88. The van der Waals surface area contributed by atoms with Crippen LogP contribution >= 0.6 is 34.8 Å². The largest absolute Gasteiger partial charge is 0.367 e. The fourth-order valence-corrected chi connectivity index (χ4v) is 3.12. The molecular weight excluding hydrogens is 347 g/mol. The Balaban J connectivity index is 1.76. The summed E-state index contributed by atoms with van der Waals surface area (Å²) in [6.45, 7) is 2.94. The Kier molecular flexibility index (Phi) is 4.47. The molecule has 0 spiro atoms. The van der Waals surface area contributed by atoms with E-state index in [1.54, 1.807) is 18.3 Å². The van der Waals surface area contributed by atoms with Crippen molar-refractivity contribution in [1.29, 1.82) is 0 Å². The van der Waals surface area contributed by atoms with Crippen LogP contribution in [0.15, 0.2) is 29.2 Å². The van der Waals surface area contributed by atoms with Gasteiger partial charge in [-0.05, 0) is 18.2 Å². The Labute approximate surface area is 142 Å². The third kappa shape index (κ3) is 3.02. The van der Waals surface area contributed by atoms with Gasteiger partial charge in [-0.15, -0.1) is 0 Å². The first-order chi connectivity index (χ1) is 10.6. The highest BCUT2D eigenvalue weighted by molar-refractivity contribution is 6.35. The minimum absolute atomic E-state index is 0.171. The minimum Gasteiger partial charge on any atom is -0.367 e. The van der Waals surface area contributed by atoms with Crippen LogP contribution in [0, 0.1) is 0 Å². The van der Waals surface area contributed by atoms with Crippen LogP contribution in [0.3, 0.4) is 0 Å². The van der Waals surface area contributed by atoms with E-state index in [2.05, 4.69) is 15.1 Å². The normalized spacial score (nSPS) is 15.2. The van der Waals surface area contributed by atoms with Crippen LogP contribution in [0.2, 0.25) is 15.1 Å². The van der Waals surface area contributed by atoms with Crippen LogP contribution in [-0.4, -0.2) is 36.4 Å². The summed E-state index contributed by atoms with van der Waals surface area (Å²) < 4.78 is 0. The minimum atomic E-state index is -0.375. The zero-order chi connectivity index (χ0) is 15.7. The van der Waals surface area contributed by atoms with E-state index in [-0.39, 0.29) is 10.6 Å². The standard InChI is InChI=1S/C14H13Cl3N4O/c15-9-1-2-10(16)11(7-9)20-3-5-21(6-4-20)12-8-18-19-14(22)13(12)17/h1-2,7-8H,3-6H2,(H,19,22). The maximum absolute atomic E-state index is 11.5. The second-order valence-corrected chi connectivity index (χ2v) is 6.19. The van der Waals surface area contributed by atoms with Gasteiger partial charge in [-0.25, -0.2) is 5.10 Å². The fraction of sp³-hybridized carbons (Fsp3) is 0.286. The third-order valence-corrected chi connectivity index (χ3v) is 4.57. The predicted octanol–water partition coefficient (Wildman–Crippen LogP) is 3.06. The molecule has 0 unspecified atom stereocenters. The molecule has 22 heavy (non-hydrogen) atoms. The molecule has 1 aromatic carbocycles. The molecule has 8 heteroatoms. The molecule has 1 N–H and O–H groups in total. The number of rotatable bonds is 2. The summed E-state index contributed by atoms with van der Waals surface area (Å²) in [6.07, 6.45) is 1.58.